The van der Waals surface area contributed by atoms with Crippen LogP contribution in [0.3, 0.4) is 0 Å². The van der Waals surface area contributed by atoms with Gasteiger partial charge in [0.05, 0.1) is 0 Å². The fourth-order valence-corrected chi connectivity index (χ4v) is 1.67. The van der Waals surface area contributed by atoms with E-state index >= 15 is 0 Å². The molecule has 0 saturated heterocycles. The van der Waals surface area contributed by atoms with Crippen molar-refractivity contribution in [1.29, 1.82) is 0 Å². The predicted octanol–water partition coefficient (Wildman–Crippen LogP) is 3.85. The second-order valence-electron chi connectivity index (χ2n) is 4.82. The van der Waals surface area contributed by atoms with Gasteiger partial charge in [0.1, 0.15) is 5.69 Å². The molecule has 82 valence electrons. The van der Waals surface area contributed by atoms with E-state index in [1.165, 1.54) is 0 Å². The van der Waals surface area contributed by atoms with Crippen LogP contribution in [-0.4, -0.2) is 10.8 Å². The van der Waals surface area contributed by atoms with Gasteiger partial charge in [-0.1, -0.05) is 20.8 Å². The van der Waals surface area contributed by atoms with Crippen molar-refractivity contribution in [2.45, 2.75) is 33.6 Å². The zero-order chi connectivity index (χ0) is 11.5. The molecule has 2 nitrogen and oxygen atoms in total. The second-order valence-corrected chi connectivity index (χ2v) is 5.67. The molecule has 0 amide bonds. The normalized spacial score (nSPS) is 11.5. The molecule has 0 radical (unpaired) electrons. The molecule has 0 atom stereocenters. The molecule has 0 fully saturated rings. The monoisotopic (exact) mass is 269 g/mol. The van der Waals surface area contributed by atoms with Crippen LogP contribution >= 0.6 is 15.9 Å². The number of aromatic nitrogens is 1. The average molecular weight is 270 g/mol. The van der Waals surface area contributed by atoms with Gasteiger partial charge in [0.15, 0.2) is 5.78 Å². The zero-order valence-corrected chi connectivity index (χ0v) is 11.0. The Kier molecular flexibility index (Phi) is 4.03. The molecule has 3 heteroatoms. The smallest absolute Gasteiger partial charge is 0.182 e. The van der Waals surface area contributed by atoms with E-state index in [9.17, 15) is 4.79 Å². The molecule has 0 aliphatic carbocycles. The van der Waals surface area contributed by atoms with Crippen LogP contribution in [0.25, 0.3) is 0 Å². The van der Waals surface area contributed by atoms with Crippen LogP contribution in [0.2, 0.25) is 0 Å². The quantitative estimate of drug-likeness (QED) is 0.781. The highest BCUT2D eigenvalue weighted by atomic mass is 79.9. The van der Waals surface area contributed by atoms with E-state index in [2.05, 4.69) is 41.7 Å². The topological polar surface area (TPSA) is 30.0 Å². The zero-order valence-electron chi connectivity index (χ0n) is 9.38. The van der Waals surface area contributed by atoms with Crippen molar-refractivity contribution in [2.24, 2.45) is 5.41 Å². The summed E-state index contributed by atoms with van der Waals surface area (Å²) in [5, 5.41) is 0. The highest BCUT2D eigenvalue weighted by molar-refractivity contribution is 9.10. The first-order valence-electron chi connectivity index (χ1n) is 5.04. The van der Waals surface area contributed by atoms with Gasteiger partial charge in [-0.3, -0.25) is 9.78 Å². The Balaban J connectivity index is 2.66. The van der Waals surface area contributed by atoms with Crippen LogP contribution in [0.5, 0.6) is 0 Å². The van der Waals surface area contributed by atoms with Crippen molar-refractivity contribution in [3.8, 4) is 0 Å². The van der Waals surface area contributed by atoms with Crippen molar-refractivity contribution < 1.29 is 4.79 Å². The molecule has 0 spiro atoms. The number of ketones is 1. The molecule has 0 N–H and O–H groups in total. The summed E-state index contributed by atoms with van der Waals surface area (Å²) in [6.07, 6.45) is 3.09. The maximum atomic E-state index is 11.8. The maximum Gasteiger partial charge on any atom is 0.182 e. The Morgan fingerprint density at radius 2 is 2.13 bits per heavy atom. The minimum absolute atomic E-state index is 0.109. The first-order valence-corrected chi connectivity index (χ1v) is 5.83. The lowest BCUT2D eigenvalue weighted by molar-refractivity contribution is 0.0960. The number of nitrogens with zero attached hydrogens (tertiary/aromatic N) is 1. The van der Waals surface area contributed by atoms with Crippen LogP contribution in [0.4, 0.5) is 0 Å². The summed E-state index contributed by atoms with van der Waals surface area (Å²) in [7, 11) is 0. The van der Waals surface area contributed by atoms with E-state index in [4.69, 9.17) is 0 Å². The van der Waals surface area contributed by atoms with Gasteiger partial charge in [-0.15, -0.1) is 0 Å². The molecular weight excluding hydrogens is 254 g/mol. The fourth-order valence-electron chi connectivity index (χ4n) is 1.20. The molecular formula is C12H16BrNO. The SMILES string of the molecule is CC(C)(C)CCC(=O)c1ncccc1Br. The molecule has 0 saturated carbocycles. The number of Topliss-reactive ketones (excluding diaryl/α,β-unsaturated/α-hetero) is 1. The Morgan fingerprint density at radius 3 is 2.67 bits per heavy atom. The van der Waals surface area contributed by atoms with E-state index in [1.807, 2.05) is 12.1 Å². The van der Waals surface area contributed by atoms with E-state index in [1.54, 1.807) is 6.20 Å². The van der Waals surface area contributed by atoms with Gasteiger partial charge in [0.2, 0.25) is 0 Å². The number of hydrogen-bond donors (Lipinski definition) is 0. The van der Waals surface area contributed by atoms with Gasteiger partial charge in [-0.25, -0.2) is 0 Å². The molecule has 1 aromatic heterocycles. The van der Waals surface area contributed by atoms with Crippen molar-refractivity contribution >= 4 is 21.7 Å². The summed E-state index contributed by atoms with van der Waals surface area (Å²) >= 11 is 3.33. The number of carbonyl (C=O) groups excluding carboxylic acids is 1. The molecule has 1 aromatic rings. The summed E-state index contributed by atoms with van der Waals surface area (Å²) in [6.45, 7) is 6.40. The van der Waals surface area contributed by atoms with Crippen molar-refractivity contribution in [1.82, 2.24) is 4.98 Å². The largest absolute Gasteiger partial charge is 0.292 e. The average Bonchev–Trinajstić information content (AvgIpc) is 2.14. The number of halogens is 1. The Labute approximate surface area is 99.2 Å². The minimum atomic E-state index is 0.109. The summed E-state index contributed by atoms with van der Waals surface area (Å²) in [6, 6.07) is 3.65. The first-order chi connectivity index (χ1) is 6.90. The summed E-state index contributed by atoms with van der Waals surface area (Å²) in [5.74, 6) is 0.109. The van der Waals surface area contributed by atoms with Crippen molar-refractivity contribution in [3.05, 3.63) is 28.5 Å². The van der Waals surface area contributed by atoms with Gasteiger partial charge in [0.25, 0.3) is 0 Å². The van der Waals surface area contributed by atoms with Gasteiger partial charge in [0, 0.05) is 17.1 Å². The Hall–Kier alpha value is -0.700. The molecule has 15 heavy (non-hydrogen) atoms. The van der Waals surface area contributed by atoms with E-state index < -0.39 is 0 Å². The lowest BCUT2D eigenvalue weighted by Crippen LogP contribution is -2.10. The van der Waals surface area contributed by atoms with Crippen LogP contribution < -0.4 is 0 Å². The number of rotatable bonds is 3. The van der Waals surface area contributed by atoms with Crippen molar-refractivity contribution in [2.75, 3.05) is 0 Å². The van der Waals surface area contributed by atoms with Crippen LogP contribution in [0, 0.1) is 5.41 Å². The highest BCUT2D eigenvalue weighted by Crippen LogP contribution is 2.23. The summed E-state index contributed by atoms with van der Waals surface area (Å²) in [4.78, 5) is 15.9. The van der Waals surface area contributed by atoms with Gasteiger partial charge < -0.3 is 0 Å². The molecule has 0 aliphatic rings. The Bertz CT molecular complexity index is 355. The van der Waals surface area contributed by atoms with E-state index in [-0.39, 0.29) is 11.2 Å². The highest BCUT2D eigenvalue weighted by Gasteiger charge is 2.16. The third-order valence-electron chi connectivity index (χ3n) is 2.12. The molecule has 0 aromatic carbocycles. The van der Waals surface area contributed by atoms with Crippen LogP contribution in [0.15, 0.2) is 22.8 Å². The first kappa shape index (κ1) is 12.4. The number of carbonyl (C=O) groups is 1. The fraction of sp³-hybridized carbons (Fsp3) is 0.500. The Morgan fingerprint density at radius 1 is 1.47 bits per heavy atom. The lowest BCUT2D eigenvalue weighted by Gasteiger charge is -2.16. The molecule has 0 unspecified atom stereocenters. The molecule has 1 heterocycles. The van der Waals surface area contributed by atoms with Gasteiger partial charge in [-0.05, 0) is 39.9 Å². The van der Waals surface area contributed by atoms with Crippen molar-refractivity contribution in [3.63, 3.8) is 0 Å². The van der Waals surface area contributed by atoms with E-state index in [0.717, 1.165) is 10.9 Å². The minimum Gasteiger partial charge on any atom is -0.292 e. The standard InChI is InChI=1S/C12H16BrNO/c1-12(2,3)7-6-10(15)11-9(13)5-4-8-14-11/h4-5,8H,6-7H2,1-3H3. The van der Waals surface area contributed by atoms with Crippen LogP contribution in [-0.2, 0) is 0 Å². The summed E-state index contributed by atoms with van der Waals surface area (Å²) in [5.41, 5.74) is 0.735. The van der Waals surface area contributed by atoms with E-state index in [0.29, 0.717) is 12.1 Å². The summed E-state index contributed by atoms with van der Waals surface area (Å²) < 4.78 is 0.781. The predicted molar refractivity (Wildman–Crippen MR) is 65.0 cm³/mol. The molecule has 0 bridgehead atoms. The molecule has 0 aliphatic heterocycles. The lowest BCUT2D eigenvalue weighted by atomic mass is 9.89. The second kappa shape index (κ2) is 4.88. The van der Waals surface area contributed by atoms with Gasteiger partial charge in [-0.2, -0.15) is 0 Å². The third-order valence-corrected chi connectivity index (χ3v) is 2.76. The van der Waals surface area contributed by atoms with Gasteiger partial charge >= 0.3 is 0 Å². The number of pyridine rings is 1. The maximum absolute atomic E-state index is 11.8. The van der Waals surface area contributed by atoms with Crippen LogP contribution in [0.1, 0.15) is 44.1 Å². The third kappa shape index (κ3) is 4.12. The number of hydrogen-bond acceptors (Lipinski definition) is 2. The molecule has 1 rings (SSSR count).